The number of hydrogen-bond donors (Lipinski definition) is 0. The summed E-state index contributed by atoms with van der Waals surface area (Å²) < 4.78 is 37.2. The van der Waals surface area contributed by atoms with Crippen LogP contribution in [-0.4, -0.2) is 54.9 Å². The first-order valence-electron chi connectivity index (χ1n) is 12.4. The van der Waals surface area contributed by atoms with E-state index in [1.54, 1.807) is 0 Å². The van der Waals surface area contributed by atoms with Gasteiger partial charge in [-0.05, 0) is 18.4 Å². The molecule has 0 aliphatic rings. The van der Waals surface area contributed by atoms with E-state index in [-0.39, 0.29) is 44.7 Å². The number of rotatable bonds is 20. The monoisotopic (exact) mass is 577 g/mol. The molecule has 0 bridgehead atoms. The number of carbonyl (C=O) groups excluding carboxylic acids is 2. The summed E-state index contributed by atoms with van der Waals surface area (Å²) in [5.41, 5.74) is 0.886. The average molecular weight is 578 g/mol. The number of ether oxygens (including phenoxy) is 2. The van der Waals surface area contributed by atoms with Gasteiger partial charge in [0, 0.05) is 31.8 Å². The quantitative estimate of drug-likeness (QED) is 0.0774. The Bertz CT molecular complexity index is 765. The first-order chi connectivity index (χ1) is 16.9. The van der Waals surface area contributed by atoms with Crippen molar-refractivity contribution < 1.29 is 32.7 Å². The number of esters is 2. The molecule has 0 heterocycles. The van der Waals surface area contributed by atoms with E-state index in [0.29, 0.717) is 11.8 Å². The molecule has 8 nitrogen and oxygen atoms in total. The van der Waals surface area contributed by atoms with Crippen molar-refractivity contribution in [3.8, 4) is 0 Å². The Labute approximate surface area is 218 Å². The summed E-state index contributed by atoms with van der Waals surface area (Å²) in [5, 5.41) is 0.477. The lowest BCUT2D eigenvalue weighted by Gasteiger charge is -2.31. The smallest absolute Gasteiger partial charge is 0.408 e. The van der Waals surface area contributed by atoms with Gasteiger partial charge in [0.25, 0.3) is 0 Å². The number of nitrogens with zero attached hydrogens (tertiary/aromatic N) is 1. The number of hydrogen-bond acceptors (Lipinski definition) is 7. The summed E-state index contributed by atoms with van der Waals surface area (Å²) in [4.78, 5) is 24.7. The van der Waals surface area contributed by atoms with Gasteiger partial charge in [-0.25, -0.2) is 9.24 Å². The van der Waals surface area contributed by atoms with Crippen LogP contribution in [0.1, 0.15) is 70.8 Å². The minimum absolute atomic E-state index is 0.0179. The third-order valence-corrected chi connectivity index (χ3v) is 7.52. The molecule has 0 spiro atoms. The van der Waals surface area contributed by atoms with Crippen LogP contribution in [0.15, 0.2) is 30.3 Å². The first-order valence-corrected chi connectivity index (χ1v) is 15.0. The Morgan fingerprint density at radius 3 is 2.20 bits per heavy atom. The van der Waals surface area contributed by atoms with Gasteiger partial charge in [-0.3, -0.25) is 18.6 Å². The van der Waals surface area contributed by atoms with Crippen LogP contribution in [0.2, 0.25) is 0 Å². The molecular formula is C25H41BrNO7P. The van der Waals surface area contributed by atoms with Crippen LogP contribution in [-0.2, 0) is 39.2 Å². The minimum atomic E-state index is -3.71. The molecule has 0 saturated heterocycles. The molecule has 1 aromatic carbocycles. The van der Waals surface area contributed by atoms with Crippen molar-refractivity contribution in [2.45, 2.75) is 77.9 Å². The normalized spacial score (nSPS) is 13.9. The fourth-order valence-electron chi connectivity index (χ4n) is 3.35. The molecule has 0 aromatic heterocycles. The molecule has 1 rings (SSSR count). The highest BCUT2D eigenvalue weighted by atomic mass is 79.9. The van der Waals surface area contributed by atoms with Crippen molar-refractivity contribution in [3.05, 3.63) is 35.9 Å². The minimum Gasteiger partial charge on any atom is -0.462 e. The van der Waals surface area contributed by atoms with E-state index in [0.717, 1.165) is 44.1 Å². The SMILES string of the molecule is CCCCCC(=O)OC[C@H](CN(Cc1ccccc1)P(=O)(OC)OCCBr)OC(=O)CCCCC. The van der Waals surface area contributed by atoms with Crippen LogP contribution in [0, 0.1) is 0 Å². The van der Waals surface area contributed by atoms with E-state index >= 15 is 0 Å². The van der Waals surface area contributed by atoms with E-state index in [1.807, 2.05) is 30.3 Å². The maximum atomic E-state index is 13.6. The zero-order chi connectivity index (χ0) is 25.9. The van der Waals surface area contributed by atoms with Crippen LogP contribution in [0.25, 0.3) is 0 Å². The van der Waals surface area contributed by atoms with Crippen molar-refractivity contribution in [1.29, 1.82) is 0 Å². The number of carbonyl (C=O) groups is 2. The highest BCUT2D eigenvalue weighted by molar-refractivity contribution is 9.09. The van der Waals surface area contributed by atoms with Gasteiger partial charge < -0.3 is 9.47 Å². The lowest BCUT2D eigenvalue weighted by atomic mass is 10.2. The number of halogens is 1. The molecule has 1 aromatic rings. The van der Waals surface area contributed by atoms with Crippen LogP contribution in [0.3, 0.4) is 0 Å². The standard InChI is InChI=1S/C25H41BrNO7P/c1-4-6-9-15-24(28)32-21-23(34-25(29)16-10-7-5-2)20-27(19-22-13-11-8-12-14-22)35(30,31-3)33-18-17-26/h8,11-14,23H,4-7,9-10,15-21H2,1-3H3/t23-,35?/m0/s1. The van der Waals surface area contributed by atoms with Crippen LogP contribution >= 0.6 is 23.7 Å². The Morgan fingerprint density at radius 1 is 1.00 bits per heavy atom. The highest BCUT2D eigenvalue weighted by Gasteiger charge is 2.35. The Hall–Kier alpha value is -1.25. The van der Waals surface area contributed by atoms with Gasteiger partial charge in [0.15, 0.2) is 0 Å². The largest absolute Gasteiger partial charge is 0.462 e. The van der Waals surface area contributed by atoms with E-state index < -0.39 is 13.9 Å². The predicted octanol–water partition coefficient (Wildman–Crippen LogP) is 6.27. The maximum absolute atomic E-state index is 13.6. The summed E-state index contributed by atoms with van der Waals surface area (Å²) in [7, 11) is -2.39. The van der Waals surface area contributed by atoms with Gasteiger partial charge in [0.1, 0.15) is 12.7 Å². The van der Waals surface area contributed by atoms with E-state index in [9.17, 15) is 14.2 Å². The molecule has 10 heteroatoms. The Balaban J connectivity index is 3.03. The highest BCUT2D eigenvalue weighted by Crippen LogP contribution is 2.52. The van der Waals surface area contributed by atoms with Crippen molar-refractivity contribution in [1.82, 2.24) is 4.67 Å². The molecular weight excluding hydrogens is 537 g/mol. The molecule has 0 radical (unpaired) electrons. The van der Waals surface area contributed by atoms with E-state index in [2.05, 4.69) is 29.8 Å². The van der Waals surface area contributed by atoms with Gasteiger partial charge in [0.2, 0.25) is 0 Å². The fourth-order valence-corrected chi connectivity index (χ4v) is 5.30. The Kier molecular flexibility index (Phi) is 17.2. The van der Waals surface area contributed by atoms with Crippen molar-refractivity contribution >= 4 is 35.6 Å². The van der Waals surface area contributed by atoms with Crippen LogP contribution in [0.4, 0.5) is 0 Å². The van der Waals surface area contributed by atoms with Gasteiger partial charge in [0.05, 0.1) is 13.2 Å². The van der Waals surface area contributed by atoms with E-state index in [4.69, 9.17) is 18.5 Å². The zero-order valence-electron chi connectivity index (χ0n) is 21.3. The van der Waals surface area contributed by atoms with Crippen LogP contribution in [0.5, 0.6) is 0 Å². The summed E-state index contributed by atoms with van der Waals surface area (Å²) in [6.45, 7) is 4.42. The number of alkyl halides is 1. The lowest BCUT2D eigenvalue weighted by Crippen LogP contribution is -2.37. The zero-order valence-corrected chi connectivity index (χ0v) is 23.8. The molecule has 0 fully saturated rings. The third-order valence-electron chi connectivity index (χ3n) is 5.23. The first kappa shape index (κ1) is 31.8. The Morgan fingerprint density at radius 2 is 1.63 bits per heavy atom. The molecule has 0 saturated carbocycles. The average Bonchev–Trinajstić information content (AvgIpc) is 2.86. The number of benzene rings is 1. The van der Waals surface area contributed by atoms with Gasteiger partial charge >= 0.3 is 19.7 Å². The molecule has 1 unspecified atom stereocenters. The van der Waals surface area contributed by atoms with Crippen LogP contribution < -0.4 is 0 Å². The molecule has 200 valence electrons. The molecule has 2 atom stereocenters. The van der Waals surface area contributed by atoms with Crippen molar-refractivity contribution in [2.75, 3.05) is 32.2 Å². The predicted molar refractivity (Wildman–Crippen MR) is 140 cm³/mol. The molecule has 0 amide bonds. The second-order valence-corrected chi connectivity index (χ2v) is 11.1. The summed E-state index contributed by atoms with van der Waals surface area (Å²) in [6.07, 6.45) is 5.08. The maximum Gasteiger partial charge on any atom is 0.408 e. The van der Waals surface area contributed by atoms with Crippen molar-refractivity contribution in [2.24, 2.45) is 0 Å². The lowest BCUT2D eigenvalue weighted by molar-refractivity contribution is -0.160. The van der Waals surface area contributed by atoms with Gasteiger partial charge in [-0.1, -0.05) is 85.8 Å². The van der Waals surface area contributed by atoms with Gasteiger partial charge in [-0.15, -0.1) is 0 Å². The second-order valence-electron chi connectivity index (χ2n) is 8.22. The molecule has 0 aliphatic carbocycles. The topological polar surface area (TPSA) is 91.4 Å². The summed E-state index contributed by atoms with van der Waals surface area (Å²) in [6, 6.07) is 9.46. The summed E-state index contributed by atoms with van der Waals surface area (Å²) >= 11 is 3.28. The molecule has 35 heavy (non-hydrogen) atoms. The van der Waals surface area contributed by atoms with Crippen molar-refractivity contribution in [3.63, 3.8) is 0 Å². The fraction of sp³-hybridized carbons (Fsp3) is 0.680. The number of unbranched alkanes of at least 4 members (excludes halogenated alkanes) is 4. The second kappa shape index (κ2) is 18.9. The third kappa shape index (κ3) is 13.6. The molecule has 0 aliphatic heterocycles. The molecule has 0 N–H and O–H groups in total. The van der Waals surface area contributed by atoms with Gasteiger partial charge in [-0.2, -0.15) is 0 Å². The van der Waals surface area contributed by atoms with E-state index in [1.165, 1.54) is 11.8 Å². The summed E-state index contributed by atoms with van der Waals surface area (Å²) in [5.74, 6) is -0.718.